The zero-order chi connectivity index (χ0) is 18.4. The van der Waals surface area contributed by atoms with Crippen molar-refractivity contribution in [2.45, 2.75) is 32.7 Å². The van der Waals surface area contributed by atoms with Crippen molar-refractivity contribution >= 4 is 12.2 Å². The molecule has 1 heterocycles. The molecule has 1 aliphatic heterocycles. The van der Waals surface area contributed by atoms with Gasteiger partial charge in [0.15, 0.2) is 0 Å². The molecule has 1 aliphatic rings. The molecule has 0 radical (unpaired) electrons. The minimum absolute atomic E-state index is 0.00192. The molecule has 3 rings (SSSR count). The topological polar surface area (TPSA) is 86.8 Å². The highest BCUT2D eigenvalue weighted by molar-refractivity contribution is 5.79. The Hall–Kier alpha value is -3.06. The average Bonchev–Trinajstić information content (AvgIpc) is 2.65. The number of carbonyl (C=O) groups excluding carboxylic acids is 1. The van der Waals surface area contributed by atoms with Crippen molar-refractivity contribution in [2.75, 3.05) is 0 Å². The number of hydrazine groups is 1. The van der Waals surface area contributed by atoms with Crippen molar-refractivity contribution in [3.05, 3.63) is 65.2 Å². The van der Waals surface area contributed by atoms with Gasteiger partial charge in [-0.15, -0.1) is 0 Å². The highest BCUT2D eigenvalue weighted by Gasteiger charge is 2.23. The van der Waals surface area contributed by atoms with E-state index >= 15 is 0 Å². The van der Waals surface area contributed by atoms with Gasteiger partial charge in [-0.25, -0.2) is 10.2 Å². The van der Waals surface area contributed by atoms with Gasteiger partial charge in [-0.1, -0.05) is 24.3 Å². The normalized spacial score (nSPS) is 19.7. The second-order valence-electron chi connectivity index (χ2n) is 6.18. The first kappa shape index (κ1) is 17.8. The fourth-order valence-corrected chi connectivity index (χ4v) is 2.48. The summed E-state index contributed by atoms with van der Waals surface area (Å²) < 4.78 is 5.83. The molecule has 7 heteroatoms. The molecule has 0 bridgehead atoms. The molecule has 2 atom stereocenters. The predicted octanol–water partition coefficient (Wildman–Crippen LogP) is 2.03. The minimum atomic E-state index is -0.286. The maximum atomic E-state index is 11.3. The number of hydrogen-bond donors (Lipinski definition) is 4. The lowest BCUT2D eigenvalue weighted by atomic mass is 10.1. The van der Waals surface area contributed by atoms with E-state index in [1.54, 1.807) is 6.21 Å². The molecule has 1 fully saturated rings. The number of amides is 2. The molecule has 0 spiro atoms. The Kier molecular flexibility index (Phi) is 5.70. The van der Waals surface area contributed by atoms with Crippen molar-refractivity contribution in [3.63, 3.8) is 0 Å². The van der Waals surface area contributed by atoms with Crippen LogP contribution in [-0.4, -0.2) is 24.5 Å². The van der Waals surface area contributed by atoms with Gasteiger partial charge >= 0.3 is 6.03 Å². The SMILES string of the molecule is Cc1ccccc1COc1ccc(/C=N/NC2NC(=O)NNC2C)cc1. The van der Waals surface area contributed by atoms with Crippen LogP contribution in [0.3, 0.4) is 0 Å². The lowest BCUT2D eigenvalue weighted by Gasteiger charge is -2.30. The van der Waals surface area contributed by atoms with E-state index in [9.17, 15) is 4.79 Å². The van der Waals surface area contributed by atoms with Crippen LogP contribution in [0.1, 0.15) is 23.6 Å². The summed E-state index contributed by atoms with van der Waals surface area (Å²) in [6, 6.07) is 15.6. The Labute approximate surface area is 152 Å². The van der Waals surface area contributed by atoms with E-state index in [2.05, 4.69) is 45.8 Å². The summed E-state index contributed by atoms with van der Waals surface area (Å²) in [5, 5.41) is 6.93. The van der Waals surface area contributed by atoms with E-state index in [0.29, 0.717) is 6.61 Å². The van der Waals surface area contributed by atoms with Crippen LogP contribution < -0.4 is 26.3 Å². The third-order valence-corrected chi connectivity index (χ3v) is 4.16. The molecule has 26 heavy (non-hydrogen) atoms. The lowest BCUT2D eigenvalue weighted by Crippen LogP contribution is -2.67. The van der Waals surface area contributed by atoms with Crippen LogP contribution in [0.4, 0.5) is 4.79 Å². The van der Waals surface area contributed by atoms with Crippen LogP contribution in [-0.2, 0) is 6.61 Å². The van der Waals surface area contributed by atoms with Crippen molar-refractivity contribution < 1.29 is 9.53 Å². The third-order valence-electron chi connectivity index (χ3n) is 4.16. The number of hydrazone groups is 1. The number of benzene rings is 2. The fourth-order valence-electron chi connectivity index (χ4n) is 2.48. The molecule has 0 aromatic heterocycles. The number of nitrogens with one attached hydrogen (secondary N) is 4. The average molecular weight is 353 g/mol. The van der Waals surface area contributed by atoms with E-state index in [1.165, 1.54) is 11.1 Å². The molecular weight excluding hydrogens is 330 g/mol. The maximum Gasteiger partial charge on any atom is 0.330 e. The highest BCUT2D eigenvalue weighted by atomic mass is 16.5. The number of urea groups is 1. The van der Waals surface area contributed by atoms with Crippen molar-refractivity contribution in [1.29, 1.82) is 0 Å². The lowest BCUT2D eigenvalue weighted by molar-refractivity contribution is 0.202. The van der Waals surface area contributed by atoms with Gasteiger partial charge in [0, 0.05) is 0 Å². The summed E-state index contributed by atoms with van der Waals surface area (Å²) in [6.07, 6.45) is 1.42. The first-order valence-electron chi connectivity index (χ1n) is 8.50. The van der Waals surface area contributed by atoms with E-state index < -0.39 is 0 Å². The van der Waals surface area contributed by atoms with Crippen molar-refractivity contribution in [2.24, 2.45) is 5.10 Å². The van der Waals surface area contributed by atoms with Gasteiger partial charge < -0.3 is 10.1 Å². The molecule has 2 amide bonds. The van der Waals surface area contributed by atoms with E-state index in [0.717, 1.165) is 11.3 Å². The monoisotopic (exact) mass is 353 g/mol. The summed E-state index contributed by atoms with van der Waals surface area (Å²) in [6.45, 7) is 4.55. The summed E-state index contributed by atoms with van der Waals surface area (Å²) in [4.78, 5) is 11.3. The molecular formula is C19H23N5O2. The van der Waals surface area contributed by atoms with Crippen LogP contribution in [0.15, 0.2) is 53.6 Å². The predicted molar refractivity (Wildman–Crippen MR) is 101 cm³/mol. The van der Waals surface area contributed by atoms with Gasteiger partial charge in [-0.05, 0) is 54.8 Å². The molecule has 2 unspecified atom stereocenters. The Morgan fingerprint density at radius 3 is 2.73 bits per heavy atom. The number of ether oxygens (including phenoxy) is 1. The molecule has 0 aliphatic carbocycles. The van der Waals surface area contributed by atoms with Crippen molar-refractivity contribution in [1.82, 2.24) is 21.6 Å². The first-order chi connectivity index (χ1) is 12.6. The van der Waals surface area contributed by atoms with Crippen LogP contribution in [0, 0.1) is 6.92 Å². The quantitative estimate of drug-likeness (QED) is 0.473. The van der Waals surface area contributed by atoms with Gasteiger partial charge in [-0.2, -0.15) is 5.10 Å². The molecule has 2 aromatic rings. The Bertz CT molecular complexity index is 776. The molecule has 0 saturated carbocycles. The van der Waals surface area contributed by atoms with Crippen LogP contribution in [0.25, 0.3) is 0 Å². The number of hydrogen-bond acceptors (Lipinski definition) is 5. The molecule has 136 valence electrons. The molecule has 4 N–H and O–H groups in total. The zero-order valence-corrected chi connectivity index (χ0v) is 14.8. The summed E-state index contributed by atoms with van der Waals surface area (Å²) in [7, 11) is 0. The van der Waals surface area contributed by atoms with Gasteiger partial charge in [0.1, 0.15) is 18.5 Å². The van der Waals surface area contributed by atoms with Crippen molar-refractivity contribution in [3.8, 4) is 5.75 Å². The van der Waals surface area contributed by atoms with Crippen LogP contribution in [0.5, 0.6) is 5.75 Å². The zero-order valence-electron chi connectivity index (χ0n) is 14.8. The van der Waals surface area contributed by atoms with E-state index in [4.69, 9.17) is 4.74 Å². The summed E-state index contributed by atoms with van der Waals surface area (Å²) in [5.41, 5.74) is 11.6. The number of aryl methyl sites for hydroxylation is 1. The fraction of sp³-hybridized carbons (Fsp3) is 0.263. The Balaban J connectivity index is 1.51. The summed E-state index contributed by atoms with van der Waals surface area (Å²) in [5.74, 6) is 0.807. The molecule has 2 aromatic carbocycles. The van der Waals surface area contributed by atoms with E-state index in [-0.39, 0.29) is 18.2 Å². The highest BCUT2D eigenvalue weighted by Crippen LogP contribution is 2.15. The number of rotatable bonds is 6. The van der Waals surface area contributed by atoms with Gasteiger partial charge in [0.25, 0.3) is 0 Å². The van der Waals surface area contributed by atoms with E-state index in [1.807, 2.05) is 43.3 Å². The maximum absolute atomic E-state index is 11.3. The minimum Gasteiger partial charge on any atom is -0.489 e. The molecule has 7 nitrogen and oxygen atoms in total. The first-order valence-corrected chi connectivity index (χ1v) is 8.50. The Morgan fingerprint density at radius 2 is 1.96 bits per heavy atom. The number of carbonyl (C=O) groups is 1. The summed E-state index contributed by atoms with van der Waals surface area (Å²) >= 11 is 0. The van der Waals surface area contributed by atoms with Crippen LogP contribution in [0.2, 0.25) is 0 Å². The van der Waals surface area contributed by atoms with Crippen LogP contribution >= 0.6 is 0 Å². The largest absolute Gasteiger partial charge is 0.489 e. The standard InChI is InChI=1S/C19H23N5O2/c1-13-5-3-4-6-16(13)12-26-17-9-7-15(8-10-17)11-20-23-18-14(2)22-24-19(25)21-18/h3-11,14,18,22-23H,12H2,1-2H3,(H2,21,24,25)/b20-11+. The van der Waals surface area contributed by atoms with Gasteiger partial charge in [-0.3, -0.25) is 10.9 Å². The van der Waals surface area contributed by atoms with Gasteiger partial charge in [0.2, 0.25) is 0 Å². The van der Waals surface area contributed by atoms with Gasteiger partial charge in [0.05, 0.1) is 12.3 Å². The number of nitrogens with zero attached hydrogens (tertiary/aromatic N) is 1. The smallest absolute Gasteiger partial charge is 0.330 e. The molecule has 1 saturated heterocycles. The third kappa shape index (κ3) is 4.73. The second kappa shape index (κ2) is 8.35. The Morgan fingerprint density at radius 1 is 1.19 bits per heavy atom. The second-order valence-corrected chi connectivity index (χ2v) is 6.18.